The number of aliphatic hydroxyl groups is 1. The number of ketones is 1. The maximum atomic E-state index is 13.7. The van der Waals surface area contributed by atoms with Gasteiger partial charge in [0.15, 0.2) is 17.4 Å². The molecular weight excluding hydrogens is 328 g/mol. The minimum absolute atomic E-state index is 0.111. The van der Waals surface area contributed by atoms with Crippen LogP contribution in [0.5, 0.6) is 0 Å². The molecule has 4 nitrogen and oxygen atoms in total. The number of rotatable bonds is 5. The number of hydrogen-bond donors (Lipinski definition) is 2. The Morgan fingerprint density at radius 1 is 1.32 bits per heavy atom. The summed E-state index contributed by atoms with van der Waals surface area (Å²) in [4.78, 5) is 24.7. The van der Waals surface area contributed by atoms with Gasteiger partial charge in [0.1, 0.15) is 5.60 Å². The maximum absolute atomic E-state index is 13.7. The van der Waals surface area contributed by atoms with Crippen molar-refractivity contribution in [1.29, 1.82) is 0 Å². The molecule has 1 amide bonds. The van der Waals surface area contributed by atoms with Crippen LogP contribution in [0.15, 0.2) is 18.2 Å². The third-order valence-electron chi connectivity index (χ3n) is 5.10. The second kappa shape index (κ2) is 7.60. The lowest BCUT2D eigenvalue weighted by molar-refractivity contribution is -0.155. The molecule has 1 aromatic rings. The molecule has 1 aromatic carbocycles. The minimum Gasteiger partial charge on any atom is -0.380 e. The molecule has 2 rings (SSSR count). The Bertz CT molecular complexity index is 662. The van der Waals surface area contributed by atoms with Gasteiger partial charge in [0, 0.05) is 0 Å². The fourth-order valence-corrected chi connectivity index (χ4v) is 3.76. The third-order valence-corrected chi connectivity index (χ3v) is 5.10. The summed E-state index contributed by atoms with van der Waals surface area (Å²) in [5, 5.41) is 13.4. The Labute approximate surface area is 146 Å². The predicted octanol–water partition coefficient (Wildman–Crippen LogP) is 3.09. The Morgan fingerprint density at radius 2 is 2.00 bits per heavy atom. The summed E-state index contributed by atoms with van der Waals surface area (Å²) in [6.45, 7) is 5.39. The van der Waals surface area contributed by atoms with E-state index in [0.29, 0.717) is 6.42 Å². The lowest BCUT2D eigenvalue weighted by atomic mass is 9.66. The molecule has 0 radical (unpaired) electrons. The average Bonchev–Trinajstić information content (AvgIpc) is 2.54. The van der Waals surface area contributed by atoms with Crippen molar-refractivity contribution in [3.63, 3.8) is 0 Å². The number of hydrogen-bond acceptors (Lipinski definition) is 3. The van der Waals surface area contributed by atoms with E-state index >= 15 is 0 Å². The first-order valence-corrected chi connectivity index (χ1v) is 8.64. The number of carbonyl (C=O) groups excluding carboxylic acids is 2. The highest BCUT2D eigenvalue weighted by Gasteiger charge is 2.48. The smallest absolute Gasteiger partial charge is 0.252 e. The van der Waals surface area contributed by atoms with Gasteiger partial charge < -0.3 is 10.4 Å². The van der Waals surface area contributed by atoms with Crippen molar-refractivity contribution in [3.05, 3.63) is 35.4 Å². The van der Waals surface area contributed by atoms with E-state index in [2.05, 4.69) is 5.32 Å². The summed E-state index contributed by atoms with van der Waals surface area (Å²) in [6.07, 6.45) is 1.99. The maximum Gasteiger partial charge on any atom is 0.252 e. The quantitative estimate of drug-likeness (QED) is 0.800. The molecule has 0 aliphatic heterocycles. The standard InChI is InChI=1S/C19H25F2NO3/c1-11(2)14-8-7-12(3)9-19(14,25)18(24)22-10-16(23)13-5-4-6-15(20)17(13)21/h4-6,11-12,14,25H,7-10H2,1-3H3,(H,22,24)/t12?,14?,19-/m1/s1. The van der Waals surface area contributed by atoms with Crippen molar-refractivity contribution in [1.82, 2.24) is 5.32 Å². The van der Waals surface area contributed by atoms with Crippen molar-refractivity contribution in [3.8, 4) is 0 Å². The lowest BCUT2D eigenvalue weighted by Crippen LogP contribution is -2.57. The highest BCUT2D eigenvalue weighted by molar-refractivity contribution is 6.00. The fraction of sp³-hybridized carbons (Fsp3) is 0.579. The van der Waals surface area contributed by atoms with Crippen LogP contribution < -0.4 is 5.32 Å². The van der Waals surface area contributed by atoms with Gasteiger partial charge in [-0.15, -0.1) is 0 Å². The molecule has 1 saturated carbocycles. The molecule has 2 unspecified atom stereocenters. The number of amides is 1. The van der Waals surface area contributed by atoms with Gasteiger partial charge in [-0.25, -0.2) is 8.78 Å². The topological polar surface area (TPSA) is 66.4 Å². The predicted molar refractivity (Wildman–Crippen MR) is 90.0 cm³/mol. The Hall–Kier alpha value is -1.82. The summed E-state index contributed by atoms with van der Waals surface area (Å²) in [5.74, 6) is -3.60. The van der Waals surface area contributed by atoms with Crippen LogP contribution in [0.3, 0.4) is 0 Å². The van der Waals surface area contributed by atoms with Crippen molar-refractivity contribution in [2.75, 3.05) is 6.54 Å². The largest absolute Gasteiger partial charge is 0.380 e. The van der Waals surface area contributed by atoms with Crippen molar-refractivity contribution in [2.45, 2.75) is 45.6 Å². The number of nitrogens with one attached hydrogen (secondary N) is 1. The van der Waals surface area contributed by atoms with Gasteiger partial charge in [-0.1, -0.05) is 33.3 Å². The summed E-state index contributed by atoms with van der Waals surface area (Å²) >= 11 is 0. The summed E-state index contributed by atoms with van der Waals surface area (Å²) < 4.78 is 26.9. The minimum atomic E-state index is -1.55. The molecule has 25 heavy (non-hydrogen) atoms. The van der Waals surface area contributed by atoms with Crippen LogP contribution >= 0.6 is 0 Å². The van der Waals surface area contributed by atoms with E-state index in [4.69, 9.17) is 0 Å². The highest BCUT2D eigenvalue weighted by Crippen LogP contribution is 2.41. The van der Waals surface area contributed by atoms with E-state index in [-0.39, 0.29) is 17.8 Å². The van der Waals surface area contributed by atoms with Gasteiger partial charge in [0.25, 0.3) is 5.91 Å². The molecule has 1 aliphatic carbocycles. The third kappa shape index (κ3) is 4.06. The van der Waals surface area contributed by atoms with E-state index in [0.717, 1.165) is 18.9 Å². The van der Waals surface area contributed by atoms with Crippen molar-refractivity contribution >= 4 is 11.7 Å². The Balaban J connectivity index is 2.09. The second-order valence-electron chi connectivity index (χ2n) is 7.37. The van der Waals surface area contributed by atoms with Gasteiger partial charge >= 0.3 is 0 Å². The molecule has 1 fully saturated rings. The number of benzene rings is 1. The van der Waals surface area contributed by atoms with Gasteiger partial charge in [-0.2, -0.15) is 0 Å². The van der Waals surface area contributed by atoms with Gasteiger partial charge in [0.2, 0.25) is 0 Å². The van der Waals surface area contributed by atoms with Gasteiger partial charge in [-0.05, 0) is 42.7 Å². The van der Waals surface area contributed by atoms with Crippen LogP contribution in [0.25, 0.3) is 0 Å². The number of halogens is 2. The van der Waals surface area contributed by atoms with Gasteiger partial charge in [0.05, 0.1) is 12.1 Å². The zero-order valence-electron chi connectivity index (χ0n) is 14.8. The van der Waals surface area contributed by atoms with E-state index in [1.807, 2.05) is 20.8 Å². The zero-order chi connectivity index (χ0) is 18.8. The van der Waals surface area contributed by atoms with Crippen LogP contribution in [-0.4, -0.2) is 28.9 Å². The van der Waals surface area contributed by atoms with Crippen LogP contribution in [0.4, 0.5) is 8.78 Å². The first-order valence-electron chi connectivity index (χ1n) is 8.64. The number of carbonyl (C=O) groups is 2. The van der Waals surface area contributed by atoms with E-state index in [9.17, 15) is 23.5 Å². The first-order chi connectivity index (χ1) is 11.7. The first kappa shape index (κ1) is 19.5. The molecule has 3 atom stereocenters. The summed E-state index contributed by atoms with van der Waals surface area (Å²) in [7, 11) is 0. The normalized spacial score (nSPS) is 26.5. The average molecular weight is 353 g/mol. The molecule has 0 aromatic heterocycles. The molecule has 6 heteroatoms. The molecule has 0 spiro atoms. The van der Waals surface area contributed by atoms with Crippen LogP contribution in [0.1, 0.15) is 50.4 Å². The molecule has 138 valence electrons. The highest BCUT2D eigenvalue weighted by atomic mass is 19.2. The summed E-state index contributed by atoms with van der Waals surface area (Å²) in [5.41, 5.74) is -1.96. The van der Waals surface area contributed by atoms with Crippen LogP contribution in [0.2, 0.25) is 0 Å². The van der Waals surface area contributed by atoms with E-state index in [1.165, 1.54) is 12.1 Å². The van der Waals surface area contributed by atoms with E-state index < -0.39 is 41.0 Å². The SMILES string of the molecule is CC1CCC(C(C)C)[C@@](O)(C(=O)NCC(=O)c2cccc(F)c2F)C1. The van der Waals surface area contributed by atoms with Crippen molar-refractivity contribution in [2.24, 2.45) is 17.8 Å². The summed E-state index contributed by atoms with van der Waals surface area (Å²) in [6, 6.07) is 3.32. The molecular formula is C19H25F2NO3. The van der Waals surface area contributed by atoms with Crippen molar-refractivity contribution < 1.29 is 23.5 Å². The van der Waals surface area contributed by atoms with Crippen LogP contribution in [-0.2, 0) is 4.79 Å². The zero-order valence-corrected chi connectivity index (χ0v) is 14.8. The molecule has 0 heterocycles. The fourth-order valence-electron chi connectivity index (χ4n) is 3.76. The number of Topliss-reactive ketones (excluding diaryl/α,β-unsaturated/α-hetero) is 1. The lowest BCUT2D eigenvalue weighted by Gasteiger charge is -2.43. The monoisotopic (exact) mass is 353 g/mol. The molecule has 1 aliphatic rings. The van der Waals surface area contributed by atoms with Crippen LogP contribution in [0, 0.1) is 29.4 Å². The Kier molecular flexibility index (Phi) is 5.93. The Morgan fingerprint density at radius 3 is 2.64 bits per heavy atom. The van der Waals surface area contributed by atoms with Gasteiger partial charge in [-0.3, -0.25) is 9.59 Å². The second-order valence-corrected chi connectivity index (χ2v) is 7.37. The molecule has 2 N–H and O–H groups in total. The van der Waals surface area contributed by atoms with E-state index in [1.54, 1.807) is 0 Å². The molecule has 0 saturated heterocycles. The molecule has 0 bridgehead atoms.